The smallest absolute Gasteiger partial charge is 0.286 e. The Kier molecular flexibility index (Phi) is 4.48. The number of aromatic nitrogens is 1. The first kappa shape index (κ1) is 16.7. The molecule has 9 heteroatoms. The summed E-state index contributed by atoms with van der Waals surface area (Å²) < 4.78 is 11.1. The first-order valence-corrected chi connectivity index (χ1v) is 7.92. The summed E-state index contributed by atoms with van der Waals surface area (Å²) in [5, 5.41) is 14.3. The van der Waals surface area contributed by atoms with Crippen LogP contribution in [0, 0.1) is 10.1 Å². The molecule has 3 aromatic rings. The Morgan fingerprint density at radius 1 is 1.20 bits per heavy atom. The molecule has 3 rings (SSSR count). The molecule has 0 saturated carbocycles. The molecule has 128 valence electrons. The second kappa shape index (κ2) is 6.73. The number of anilines is 1. The fraction of sp³-hybridized carbons (Fsp3) is 0.125. The zero-order valence-electron chi connectivity index (χ0n) is 13.3. The summed E-state index contributed by atoms with van der Waals surface area (Å²) in [5.41, 5.74) is 0.225. The van der Waals surface area contributed by atoms with Crippen LogP contribution in [0.15, 0.2) is 36.4 Å². The third kappa shape index (κ3) is 3.22. The number of nitrogens with zero attached hydrogens (tertiary/aromatic N) is 2. The molecule has 0 atom stereocenters. The molecule has 1 aromatic heterocycles. The third-order valence-corrected chi connectivity index (χ3v) is 4.41. The largest absolute Gasteiger partial charge is 0.493 e. The monoisotopic (exact) mass is 359 g/mol. The van der Waals surface area contributed by atoms with Gasteiger partial charge in [-0.25, -0.2) is 4.98 Å². The van der Waals surface area contributed by atoms with Crippen LogP contribution in [0.1, 0.15) is 10.4 Å². The molecule has 0 saturated heterocycles. The van der Waals surface area contributed by atoms with Crippen LogP contribution in [0.25, 0.3) is 10.2 Å². The van der Waals surface area contributed by atoms with Gasteiger partial charge in [-0.15, -0.1) is 0 Å². The van der Waals surface area contributed by atoms with Crippen molar-refractivity contribution in [3.63, 3.8) is 0 Å². The summed E-state index contributed by atoms with van der Waals surface area (Å²) >= 11 is 1.28. The molecule has 8 nitrogen and oxygen atoms in total. The van der Waals surface area contributed by atoms with Gasteiger partial charge in [-0.1, -0.05) is 23.5 Å². The van der Waals surface area contributed by atoms with E-state index in [9.17, 15) is 14.9 Å². The lowest BCUT2D eigenvalue weighted by Crippen LogP contribution is -2.14. The number of rotatable bonds is 5. The minimum atomic E-state index is -0.647. The van der Waals surface area contributed by atoms with Gasteiger partial charge in [0.2, 0.25) is 0 Å². The lowest BCUT2D eigenvalue weighted by molar-refractivity contribution is -0.385. The Balaban J connectivity index is 1.99. The molecule has 0 aliphatic heterocycles. The predicted molar refractivity (Wildman–Crippen MR) is 93.8 cm³/mol. The van der Waals surface area contributed by atoms with Crippen LogP contribution < -0.4 is 14.8 Å². The molecule has 1 amide bonds. The number of fused-ring (bicyclic) bond motifs is 1. The Hall–Kier alpha value is -3.20. The molecule has 0 spiro atoms. The lowest BCUT2D eigenvalue weighted by atomic mass is 10.1. The molecule has 0 bridgehead atoms. The second-order valence-electron chi connectivity index (χ2n) is 4.92. The summed E-state index contributed by atoms with van der Waals surface area (Å²) in [5.74, 6) is -0.250. The molecular weight excluding hydrogens is 346 g/mol. The summed E-state index contributed by atoms with van der Waals surface area (Å²) in [7, 11) is 2.75. The van der Waals surface area contributed by atoms with E-state index in [0.717, 1.165) is 16.3 Å². The Labute approximate surface area is 146 Å². The SMILES string of the molecule is COc1cc(C(=O)Nc2nc3ccccc3s2)c([N+](=O)[O-])cc1OC. The van der Waals surface area contributed by atoms with E-state index >= 15 is 0 Å². The van der Waals surface area contributed by atoms with Crippen molar-refractivity contribution < 1.29 is 19.2 Å². The van der Waals surface area contributed by atoms with Crippen molar-refractivity contribution in [2.75, 3.05) is 19.5 Å². The van der Waals surface area contributed by atoms with E-state index < -0.39 is 10.8 Å². The second-order valence-corrected chi connectivity index (χ2v) is 5.95. The average molecular weight is 359 g/mol. The zero-order valence-corrected chi connectivity index (χ0v) is 14.1. The summed E-state index contributed by atoms with van der Waals surface area (Å²) in [6.07, 6.45) is 0. The Morgan fingerprint density at radius 2 is 1.88 bits per heavy atom. The molecule has 25 heavy (non-hydrogen) atoms. The van der Waals surface area contributed by atoms with Gasteiger partial charge in [0.25, 0.3) is 11.6 Å². The molecular formula is C16H13N3O5S. The summed E-state index contributed by atoms with van der Waals surface area (Å²) in [6, 6.07) is 9.84. The highest BCUT2D eigenvalue weighted by molar-refractivity contribution is 7.22. The van der Waals surface area contributed by atoms with Crippen molar-refractivity contribution in [3.8, 4) is 11.5 Å². The number of benzene rings is 2. The first-order chi connectivity index (χ1) is 12.0. The van der Waals surface area contributed by atoms with E-state index in [0.29, 0.717) is 5.13 Å². The Morgan fingerprint density at radius 3 is 2.52 bits per heavy atom. The normalized spacial score (nSPS) is 10.5. The van der Waals surface area contributed by atoms with Crippen molar-refractivity contribution in [2.45, 2.75) is 0 Å². The number of amides is 1. The first-order valence-electron chi connectivity index (χ1n) is 7.11. The van der Waals surface area contributed by atoms with Crippen LogP contribution in [-0.2, 0) is 0 Å². The lowest BCUT2D eigenvalue weighted by Gasteiger charge is -2.10. The molecule has 0 radical (unpaired) electrons. The van der Waals surface area contributed by atoms with Gasteiger partial charge in [-0.05, 0) is 12.1 Å². The van der Waals surface area contributed by atoms with E-state index in [2.05, 4.69) is 10.3 Å². The number of nitrogens with one attached hydrogen (secondary N) is 1. The number of carbonyl (C=O) groups is 1. The highest BCUT2D eigenvalue weighted by atomic mass is 32.1. The highest BCUT2D eigenvalue weighted by Gasteiger charge is 2.25. The van der Waals surface area contributed by atoms with Gasteiger partial charge in [-0.3, -0.25) is 20.2 Å². The molecule has 1 N–H and O–H groups in total. The topological polar surface area (TPSA) is 104 Å². The van der Waals surface area contributed by atoms with Gasteiger partial charge >= 0.3 is 0 Å². The summed E-state index contributed by atoms with van der Waals surface area (Å²) in [4.78, 5) is 27.5. The number of hydrogen-bond acceptors (Lipinski definition) is 7. The maximum Gasteiger partial charge on any atom is 0.286 e. The number of nitro groups is 1. The molecule has 0 fully saturated rings. The fourth-order valence-electron chi connectivity index (χ4n) is 2.29. The number of nitro benzene ring substituents is 1. The highest BCUT2D eigenvalue weighted by Crippen LogP contribution is 2.35. The maximum absolute atomic E-state index is 12.5. The molecule has 0 aliphatic carbocycles. The number of para-hydroxylation sites is 1. The number of carbonyl (C=O) groups excluding carboxylic acids is 1. The standard InChI is InChI=1S/C16H13N3O5S/c1-23-12-7-9(11(19(21)22)8-13(12)24-2)15(20)18-16-17-10-5-3-4-6-14(10)25-16/h3-8H,1-2H3,(H,17,18,20). The Bertz CT molecular complexity index is 937. The fourth-order valence-corrected chi connectivity index (χ4v) is 3.15. The van der Waals surface area contributed by atoms with E-state index in [1.54, 1.807) is 0 Å². The van der Waals surface area contributed by atoms with E-state index in [-0.39, 0.29) is 22.7 Å². The molecule has 1 heterocycles. The van der Waals surface area contributed by atoms with Crippen LogP contribution in [0.3, 0.4) is 0 Å². The minimum Gasteiger partial charge on any atom is -0.493 e. The molecule has 0 aliphatic rings. The number of thiazole rings is 1. The van der Waals surface area contributed by atoms with Crippen LogP contribution in [0.4, 0.5) is 10.8 Å². The average Bonchev–Trinajstić information content (AvgIpc) is 3.02. The van der Waals surface area contributed by atoms with Crippen molar-refractivity contribution in [2.24, 2.45) is 0 Å². The van der Waals surface area contributed by atoms with Crippen LogP contribution >= 0.6 is 11.3 Å². The van der Waals surface area contributed by atoms with Gasteiger partial charge in [0.15, 0.2) is 16.6 Å². The third-order valence-electron chi connectivity index (χ3n) is 3.46. The van der Waals surface area contributed by atoms with E-state index in [1.165, 1.54) is 31.6 Å². The van der Waals surface area contributed by atoms with Gasteiger partial charge in [-0.2, -0.15) is 0 Å². The van der Waals surface area contributed by atoms with E-state index in [4.69, 9.17) is 9.47 Å². The molecule has 0 unspecified atom stereocenters. The van der Waals surface area contributed by atoms with Crippen molar-refractivity contribution in [1.82, 2.24) is 4.98 Å². The predicted octanol–water partition coefficient (Wildman–Crippen LogP) is 3.47. The number of methoxy groups -OCH3 is 2. The van der Waals surface area contributed by atoms with Crippen LogP contribution in [0.2, 0.25) is 0 Å². The van der Waals surface area contributed by atoms with Gasteiger partial charge in [0.1, 0.15) is 5.56 Å². The maximum atomic E-state index is 12.5. The van der Waals surface area contributed by atoms with Crippen molar-refractivity contribution >= 4 is 38.3 Å². The van der Waals surface area contributed by atoms with Gasteiger partial charge < -0.3 is 9.47 Å². The van der Waals surface area contributed by atoms with Crippen LogP contribution in [0.5, 0.6) is 11.5 Å². The van der Waals surface area contributed by atoms with Crippen LogP contribution in [-0.4, -0.2) is 30.0 Å². The van der Waals surface area contributed by atoms with E-state index in [1.807, 2.05) is 24.3 Å². The quantitative estimate of drug-likeness (QED) is 0.552. The van der Waals surface area contributed by atoms with Gasteiger partial charge in [0.05, 0.1) is 35.4 Å². The zero-order chi connectivity index (χ0) is 18.0. The summed E-state index contributed by atoms with van der Waals surface area (Å²) in [6.45, 7) is 0. The van der Waals surface area contributed by atoms with Crippen molar-refractivity contribution in [1.29, 1.82) is 0 Å². The van der Waals surface area contributed by atoms with Gasteiger partial charge in [0, 0.05) is 6.07 Å². The number of ether oxygens (including phenoxy) is 2. The number of hydrogen-bond donors (Lipinski definition) is 1. The molecule has 2 aromatic carbocycles. The minimum absolute atomic E-state index is 0.137. The van der Waals surface area contributed by atoms with Crippen molar-refractivity contribution in [3.05, 3.63) is 52.1 Å².